The summed E-state index contributed by atoms with van der Waals surface area (Å²) >= 11 is 5.90. The zero-order chi connectivity index (χ0) is 21.5. The Labute approximate surface area is 178 Å². The van der Waals surface area contributed by atoms with E-state index in [1.54, 1.807) is 24.3 Å². The predicted molar refractivity (Wildman–Crippen MR) is 115 cm³/mol. The van der Waals surface area contributed by atoms with Gasteiger partial charge in [-0.05, 0) is 35.4 Å². The first-order valence-electron chi connectivity index (χ1n) is 8.92. The Hall–Kier alpha value is -3.82. The number of allylic oxidation sites excluding steroid dienone is 1. The molecule has 0 fully saturated rings. The molecule has 0 N–H and O–H groups in total. The average Bonchev–Trinajstić information content (AvgIpc) is 2.77. The molecule has 0 aromatic heterocycles. The predicted octanol–water partition coefficient (Wildman–Crippen LogP) is 5.90. The number of hydrogen-bond acceptors (Lipinski definition) is 5. The summed E-state index contributed by atoms with van der Waals surface area (Å²) < 4.78 is 11.1. The fourth-order valence-electron chi connectivity index (χ4n) is 2.81. The highest BCUT2D eigenvalue weighted by molar-refractivity contribution is 6.30. The molecule has 0 bridgehead atoms. The number of halogens is 1. The van der Waals surface area contributed by atoms with Crippen LogP contribution in [0.15, 0.2) is 66.7 Å². The Morgan fingerprint density at radius 1 is 1.13 bits per heavy atom. The summed E-state index contributed by atoms with van der Waals surface area (Å²) in [5, 5.41) is 21.8. The molecular weight excluding hydrogens is 404 g/mol. The van der Waals surface area contributed by atoms with Crippen molar-refractivity contribution >= 4 is 28.9 Å². The highest BCUT2D eigenvalue weighted by atomic mass is 35.5. The highest BCUT2D eigenvalue weighted by Gasteiger charge is 2.19. The molecule has 30 heavy (non-hydrogen) atoms. The summed E-state index contributed by atoms with van der Waals surface area (Å²) in [4.78, 5) is 11.2. The van der Waals surface area contributed by atoms with Crippen LogP contribution in [0.5, 0.6) is 11.5 Å². The molecule has 0 radical (unpaired) electrons. The molecule has 0 saturated heterocycles. The van der Waals surface area contributed by atoms with Gasteiger partial charge in [-0.15, -0.1) is 0 Å². The number of rotatable bonds is 7. The number of benzene rings is 3. The van der Waals surface area contributed by atoms with Gasteiger partial charge in [0.05, 0.1) is 35.3 Å². The van der Waals surface area contributed by atoms with Crippen molar-refractivity contribution < 1.29 is 14.4 Å². The number of nitro benzene ring substituents is 1. The Balaban J connectivity index is 2.01. The maximum Gasteiger partial charge on any atom is 0.280 e. The summed E-state index contributed by atoms with van der Waals surface area (Å²) in [5.41, 5.74) is 1.81. The van der Waals surface area contributed by atoms with Crippen LogP contribution in [0.1, 0.15) is 16.7 Å². The Morgan fingerprint density at radius 2 is 1.83 bits per heavy atom. The molecule has 0 aliphatic heterocycles. The first kappa shape index (κ1) is 20.9. The summed E-state index contributed by atoms with van der Waals surface area (Å²) in [7, 11) is 1.45. The van der Waals surface area contributed by atoms with Crippen LogP contribution in [0, 0.1) is 21.4 Å². The van der Waals surface area contributed by atoms with E-state index in [0.717, 1.165) is 5.56 Å². The van der Waals surface area contributed by atoms with E-state index in [1.165, 1.54) is 25.3 Å². The maximum atomic E-state index is 11.7. The summed E-state index contributed by atoms with van der Waals surface area (Å²) in [6.45, 7) is 0.234. The van der Waals surface area contributed by atoms with Gasteiger partial charge in [0, 0.05) is 5.02 Å². The van der Waals surface area contributed by atoms with Crippen LogP contribution in [0.2, 0.25) is 5.02 Å². The topological polar surface area (TPSA) is 85.4 Å². The lowest BCUT2D eigenvalue weighted by molar-refractivity contribution is -0.385. The molecule has 0 heterocycles. The van der Waals surface area contributed by atoms with Gasteiger partial charge in [-0.25, -0.2) is 0 Å². The van der Waals surface area contributed by atoms with Gasteiger partial charge < -0.3 is 9.47 Å². The Bertz CT molecular complexity index is 1120. The van der Waals surface area contributed by atoms with Gasteiger partial charge in [0.25, 0.3) is 5.69 Å². The van der Waals surface area contributed by atoms with Gasteiger partial charge in [0.1, 0.15) is 6.61 Å². The normalized spacial score (nSPS) is 10.9. The lowest BCUT2D eigenvalue weighted by Gasteiger charge is -2.12. The molecule has 3 aromatic rings. The average molecular weight is 421 g/mol. The zero-order valence-corrected chi connectivity index (χ0v) is 16.8. The van der Waals surface area contributed by atoms with Gasteiger partial charge >= 0.3 is 0 Å². The van der Waals surface area contributed by atoms with Crippen molar-refractivity contribution in [2.75, 3.05) is 7.11 Å². The van der Waals surface area contributed by atoms with Crippen LogP contribution in [0.3, 0.4) is 0 Å². The molecule has 7 heteroatoms. The van der Waals surface area contributed by atoms with E-state index in [9.17, 15) is 15.4 Å². The SMILES string of the molecule is COc1cc(/C=C(\C#N)c2ccc(Cl)cc2)c([N+](=O)[O-])cc1OCc1ccccc1. The lowest BCUT2D eigenvalue weighted by Crippen LogP contribution is -2.00. The largest absolute Gasteiger partial charge is 0.493 e. The summed E-state index contributed by atoms with van der Waals surface area (Å²) in [6.07, 6.45) is 1.45. The molecule has 3 aromatic carbocycles. The molecule has 0 spiro atoms. The number of hydrogen-bond donors (Lipinski definition) is 0. The first-order valence-corrected chi connectivity index (χ1v) is 9.30. The number of nitro groups is 1. The number of nitriles is 1. The minimum absolute atomic E-state index is 0.194. The van der Waals surface area contributed by atoms with Crippen LogP contribution in [-0.2, 0) is 6.61 Å². The second-order valence-electron chi connectivity index (χ2n) is 6.27. The monoisotopic (exact) mass is 420 g/mol. The van der Waals surface area contributed by atoms with Crippen molar-refractivity contribution in [1.29, 1.82) is 5.26 Å². The molecule has 6 nitrogen and oxygen atoms in total. The maximum absolute atomic E-state index is 11.7. The second kappa shape index (κ2) is 9.59. The molecule has 0 amide bonds. The minimum atomic E-state index is -0.516. The van der Waals surface area contributed by atoms with E-state index >= 15 is 0 Å². The van der Waals surface area contributed by atoms with E-state index < -0.39 is 4.92 Å². The van der Waals surface area contributed by atoms with Gasteiger partial charge in [-0.3, -0.25) is 10.1 Å². The standard InChI is InChI=1S/C23H17ClN2O4/c1-29-22-12-18(11-19(14-25)17-7-9-20(24)10-8-17)21(26(27)28)13-23(22)30-15-16-5-3-2-4-6-16/h2-13H,15H2,1H3/b19-11+. The van der Waals surface area contributed by atoms with Crippen molar-refractivity contribution in [3.8, 4) is 17.6 Å². The smallest absolute Gasteiger partial charge is 0.280 e. The van der Waals surface area contributed by atoms with Crippen LogP contribution in [0.4, 0.5) is 5.69 Å². The van der Waals surface area contributed by atoms with Crippen LogP contribution in [-0.4, -0.2) is 12.0 Å². The van der Waals surface area contributed by atoms with E-state index in [4.69, 9.17) is 21.1 Å². The Morgan fingerprint density at radius 3 is 2.43 bits per heavy atom. The molecule has 150 valence electrons. The van der Waals surface area contributed by atoms with Crippen LogP contribution >= 0.6 is 11.6 Å². The van der Waals surface area contributed by atoms with E-state index in [0.29, 0.717) is 16.3 Å². The summed E-state index contributed by atoms with van der Waals surface area (Å²) in [6, 6.07) is 21.0. The number of nitrogens with zero attached hydrogens (tertiary/aromatic N) is 2. The molecule has 0 saturated carbocycles. The molecule has 0 aliphatic carbocycles. The zero-order valence-electron chi connectivity index (χ0n) is 16.0. The van der Waals surface area contributed by atoms with Crippen LogP contribution in [0.25, 0.3) is 11.6 Å². The van der Waals surface area contributed by atoms with Crippen LogP contribution < -0.4 is 9.47 Å². The van der Waals surface area contributed by atoms with Gasteiger partial charge in [0.2, 0.25) is 0 Å². The van der Waals surface area contributed by atoms with Crippen molar-refractivity contribution in [2.24, 2.45) is 0 Å². The quantitative estimate of drug-likeness (QED) is 0.205. The van der Waals surface area contributed by atoms with Crippen molar-refractivity contribution in [2.45, 2.75) is 6.61 Å². The van der Waals surface area contributed by atoms with Crippen molar-refractivity contribution in [1.82, 2.24) is 0 Å². The van der Waals surface area contributed by atoms with Crippen molar-refractivity contribution in [3.05, 3.63) is 98.6 Å². The van der Waals surface area contributed by atoms with Gasteiger partial charge in [0.15, 0.2) is 11.5 Å². The number of methoxy groups -OCH3 is 1. The van der Waals surface area contributed by atoms with E-state index in [1.807, 2.05) is 30.3 Å². The van der Waals surface area contributed by atoms with Gasteiger partial charge in [-0.1, -0.05) is 54.1 Å². The van der Waals surface area contributed by atoms with E-state index in [2.05, 4.69) is 6.07 Å². The Kier molecular flexibility index (Phi) is 6.68. The summed E-state index contributed by atoms with van der Waals surface area (Å²) in [5.74, 6) is 0.575. The highest BCUT2D eigenvalue weighted by Crippen LogP contribution is 2.37. The lowest BCUT2D eigenvalue weighted by atomic mass is 10.0. The fraction of sp³-hybridized carbons (Fsp3) is 0.0870. The number of ether oxygens (including phenoxy) is 2. The first-order chi connectivity index (χ1) is 14.5. The second-order valence-corrected chi connectivity index (χ2v) is 6.71. The molecule has 0 atom stereocenters. The molecule has 3 rings (SSSR count). The molecule has 0 unspecified atom stereocenters. The fourth-order valence-corrected chi connectivity index (χ4v) is 2.94. The van der Waals surface area contributed by atoms with E-state index in [-0.39, 0.29) is 29.2 Å². The van der Waals surface area contributed by atoms with Crippen molar-refractivity contribution in [3.63, 3.8) is 0 Å². The minimum Gasteiger partial charge on any atom is -0.493 e. The molecule has 0 aliphatic rings. The van der Waals surface area contributed by atoms with Gasteiger partial charge in [-0.2, -0.15) is 5.26 Å². The third-order valence-corrected chi connectivity index (χ3v) is 4.57. The third-order valence-electron chi connectivity index (χ3n) is 4.32. The molecular formula is C23H17ClN2O4. The third kappa shape index (κ3) is 4.96.